The van der Waals surface area contributed by atoms with Crippen molar-refractivity contribution in [3.05, 3.63) is 35.9 Å². The lowest BCUT2D eigenvalue weighted by atomic mass is 10.2. The number of amides is 1. The van der Waals surface area contributed by atoms with Gasteiger partial charge in [-0.15, -0.1) is 0 Å². The van der Waals surface area contributed by atoms with Crippen LogP contribution in [0.5, 0.6) is 0 Å². The van der Waals surface area contributed by atoms with Crippen LogP contribution < -0.4 is 5.32 Å². The van der Waals surface area contributed by atoms with Crippen LogP contribution in [-0.2, 0) is 11.3 Å². The quantitative estimate of drug-likeness (QED) is 0.848. The standard InChI is InChI=1S/C13H15N3O2/c14-8-12-9-15-6-7-16(12)13(17)18-10-11-4-2-1-3-5-11/h1-5,12,15H,6-7,9-10H2. The van der Waals surface area contributed by atoms with Crippen molar-refractivity contribution in [3.63, 3.8) is 0 Å². The van der Waals surface area contributed by atoms with Gasteiger partial charge in [0.2, 0.25) is 0 Å². The van der Waals surface area contributed by atoms with E-state index in [1.807, 2.05) is 30.3 Å². The van der Waals surface area contributed by atoms with Crippen LogP contribution in [0.2, 0.25) is 0 Å². The number of nitriles is 1. The van der Waals surface area contributed by atoms with E-state index in [-0.39, 0.29) is 6.61 Å². The van der Waals surface area contributed by atoms with Gasteiger partial charge in [0.25, 0.3) is 0 Å². The topological polar surface area (TPSA) is 65.4 Å². The summed E-state index contributed by atoms with van der Waals surface area (Å²) < 4.78 is 5.21. The first-order valence-electron chi connectivity index (χ1n) is 5.89. The van der Waals surface area contributed by atoms with Crippen molar-refractivity contribution in [1.29, 1.82) is 5.26 Å². The Hall–Kier alpha value is -2.06. The molecule has 1 amide bonds. The Morgan fingerprint density at radius 1 is 1.50 bits per heavy atom. The molecule has 1 aromatic rings. The maximum atomic E-state index is 11.9. The lowest BCUT2D eigenvalue weighted by molar-refractivity contribution is 0.0820. The van der Waals surface area contributed by atoms with Gasteiger partial charge >= 0.3 is 6.09 Å². The molecule has 0 aliphatic carbocycles. The van der Waals surface area contributed by atoms with E-state index in [0.29, 0.717) is 19.6 Å². The molecule has 18 heavy (non-hydrogen) atoms. The van der Waals surface area contributed by atoms with E-state index in [9.17, 15) is 4.79 Å². The van der Waals surface area contributed by atoms with Gasteiger partial charge in [0.05, 0.1) is 6.07 Å². The molecular weight excluding hydrogens is 230 g/mol. The van der Waals surface area contributed by atoms with E-state index in [2.05, 4.69) is 11.4 Å². The number of benzene rings is 1. The second-order valence-corrected chi connectivity index (χ2v) is 4.08. The summed E-state index contributed by atoms with van der Waals surface area (Å²) in [6.07, 6.45) is -0.424. The molecule has 2 rings (SSSR count). The number of piperazine rings is 1. The first-order valence-corrected chi connectivity index (χ1v) is 5.89. The fourth-order valence-electron chi connectivity index (χ4n) is 1.84. The predicted octanol–water partition coefficient (Wildman–Crippen LogP) is 1.12. The molecule has 5 nitrogen and oxygen atoms in total. The van der Waals surface area contributed by atoms with Gasteiger partial charge < -0.3 is 10.1 Å². The van der Waals surface area contributed by atoms with E-state index in [0.717, 1.165) is 5.56 Å². The third-order valence-electron chi connectivity index (χ3n) is 2.83. The van der Waals surface area contributed by atoms with Crippen molar-refractivity contribution in [1.82, 2.24) is 10.2 Å². The second kappa shape index (κ2) is 6.03. The summed E-state index contributed by atoms with van der Waals surface area (Å²) >= 11 is 0. The van der Waals surface area contributed by atoms with Crippen molar-refractivity contribution >= 4 is 6.09 Å². The van der Waals surface area contributed by atoms with Crippen molar-refractivity contribution < 1.29 is 9.53 Å². The molecule has 1 aliphatic heterocycles. The molecule has 0 saturated carbocycles. The predicted molar refractivity (Wildman–Crippen MR) is 65.6 cm³/mol. The lowest BCUT2D eigenvalue weighted by Gasteiger charge is -2.30. The van der Waals surface area contributed by atoms with Crippen LogP contribution in [0.15, 0.2) is 30.3 Å². The van der Waals surface area contributed by atoms with Gasteiger partial charge in [0.1, 0.15) is 12.6 Å². The van der Waals surface area contributed by atoms with Crippen LogP contribution in [-0.4, -0.2) is 36.7 Å². The van der Waals surface area contributed by atoms with E-state index in [4.69, 9.17) is 10.00 Å². The molecule has 1 atom stereocenters. The lowest BCUT2D eigenvalue weighted by Crippen LogP contribution is -2.53. The Balaban J connectivity index is 1.89. The number of carbonyl (C=O) groups excluding carboxylic acids is 1. The number of hydrogen-bond donors (Lipinski definition) is 1. The fraction of sp³-hybridized carbons (Fsp3) is 0.385. The zero-order valence-corrected chi connectivity index (χ0v) is 10.0. The Morgan fingerprint density at radius 3 is 3.00 bits per heavy atom. The normalized spacial score (nSPS) is 19.1. The van der Waals surface area contributed by atoms with Crippen molar-refractivity contribution in [2.45, 2.75) is 12.6 Å². The minimum absolute atomic E-state index is 0.238. The summed E-state index contributed by atoms with van der Waals surface area (Å²) in [4.78, 5) is 13.3. The Labute approximate surface area is 106 Å². The number of ether oxygens (including phenoxy) is 1. The molecule has 1 aliphatic rings. The summed E-state index contributed by atoms with van der Waals surface area (Å²) in [5.41, 5.74) is 0.939. The zero-order chi connectivity index (χ0) is 12.8. The third-order valence-corrected chi connectivity index (χ3v) is 2.83. The van der Waals surface area contributed by atoms with E-state index >= 15 is 0 Å². The minimum atomic E-state index is -0.443. The van der Waals surface area contributed by atoms with Crippen LogP contribution in [0.3, 0.4) is 0 Å². The average molecular weight is 245 g/mol. The minimum Gasteiger partial charge on any atom is -0.445 e. The number of nitrogens with zero attached hydrogens (tertiary/aromatic N) is 2. The molecule has 0 aromatic heterocycles. The van der Waals surface area contributed by atoms with E-state index < -0.39 is 12.1 Å². The summed E-state index contributed by atoms with van der Waals surface area (Å²) in [7, 11) is 0. The molecule has 5 heteroatoms. The Bertz CT molecular complexity index is 441. The molecule has 1 N–H and O–H groups in total. The molecule has 1 fully saturated rings. The van der Waals surface area contributed by atoms with Gasteiger partial charge in [-0.25, -0.2) is 4.79 Å². The third kappa shape index (κ3) is 2.99. The SMILES string of the molecule is N#CC1CNCCN1C(=O)OCc1ccccc1. The first kappa shape index (κ1) is 12.4. The largest absolute Gasteiger partial charge is 0.445 e. The van der Waals surface area contributed by atoms with Crippen molar-refractivity contribution in [2.24, 2.45) is 0 Å². The number of hydrogen-bond acceptors (Lipinski definition) is 4. The Kier molecular flexibility index (Phi) is 4.15. The summed E-state index contributed by atoms with van der Waals surface area (Å²) in [5.74, 6) is 0. The highest BCUT2D eigenvalue weighted by Gasteiger charge is 2.27. The molecule has 1 unspecified atom stereocenters. The fourth-order valence-corrected chi connectivity index (χ4v) is 1.84. The van der Waals surface area contributed by atoms with Gasteiger partial charge in [-0.1, -0.05) is 30.3 Å². The molecule has 0 bridgehead atoms. The number of nitrogens with one attached hydrogen (secondary N) is 1. The Morgan fingerprint density at radius 2 is 2.28 bits per heavy atom. The summed E-state index contributed by atoms with van der Waals surface area (Å²) in [6, 6.07) is 11.1. The molecule has 1 saturated heterocycles. The zero-order valence-electron chi connectivity index (χ0n) is 10.0. The van der Waals surface area contributed by atoms with Crippen LogP contribution in [0, 0.1) is 11.3 Å². The van der Waals surface area contributed by atoms with Gasteiger partial charge in [0.15, 0.2) is 0 Å². The average Bonchev–Trinajstić information content (AvgIpc) is 2.45. The number of carbonyl (C=O) groups is 1. The highest BCUT2D eigenvalue weighted by Crippen LogP contribution is 2.07. The maximum Gasteiger partial charge on any atom is 0.411 e. The first-order chi connectivity index (χ1) is 8.81. The highest BCUT2D eigenvalue weighted by atomic mass is 16.6. The second-order valence-electron chi connectivity index (χ2n) is 4.08. The van der Waals surface area contributed by atoms with Crippen LogP contribution >= 0.6 is 0 Å². The maximum absolute atomic E-state index is 11.9. The van der Waals surface area contributed by atoms with Gasteiger partial charge in [-0.3, -0.25) is 4.90 Å². The van der Waals surface area contributed by atoms with Crippen molar-refractivity contribution in [3.8, 4) is 6.07 Å². The van der Waals surface area contributed by atoms with Gasteiger partial charge in [-0.05, 0) is 5.56 Å². The summed E-state index contributed by atoms with van der Waals surface area (Å²) in [6.45, 7) is 1.93. The summed E-state index contributed by atoms with van der Waals surface area (Å²) in [5, 5.41) is 12.0. The molecular formula is C13H15N3O2. The highest BCUT2D eigenvalue weighted by molar-refractivity contribution is 5.68. The molecule has 1 aromatic carbocycles. The number of rotatable bonds is 2. The van der Waals surface area contributed by atoms with E-state index in [1.54, 1.807) is 0 Å². The van der Waals surface area contributed by atoms with Crippen molar-refractivity contribution in [2.75, 3.05) is 19.6 Å². The monoisotopic (exact) mass is 245 g/mol. The smallest absolute Gasteiger partial charge is 0.411 e. The van der Waals surface area contributed by atoms with Crippen LogP contribution in [0.4, 0.5) is 4.79 Å². The van der Waals surface area contributed by atoms with Gasteiger partial charge in [-0.2, -0.15) is 5.26 Å². The molecule has 0 spiro atoms. The van der Waals surface area contributed by atoms with Gasteiger partial charge in [0, 0.05) is 19.6 Å². The molecule has 1 heterocycles. The molecule has 0 radical (unpaired) electrons. The van der Waals surface area contributed by atoms with E-state index in [1.165, 1.54) is 4.90 Å². The molecule has 94 valence electrons. The van der Waals surface area contributed by atoms with Crippen LogP contribution in [0.25, 0.3) is 0 Å². The van der Waals surface area contributed by atoms with Crippen LogP contribution in [0.1, 0.15) is 5.56 Å².